The summed E-state index contributed by atoms with van der Waals surface area (Å²) in [5.74, 6) is 1.84. The molecule has 0 saturated heterocycles. The third-order valence-electron chi connectivity index (χ3n) is 3.32. The zero-order valence-electron chi connectivity index (χ0n) is 11.2. The van der Waals surface area contributed by atoms with E-state index < -0.39 is 0 Å². The van der Waals surface area contributed by atoms with E-state index in [4.69, 9.17) is 0 Å². The molecule has 1 rings (SSSR count). The molecule has 0 aliphatic carbocycles. The van der Waals surface area contributed by atoms with Crippen LogP contribution in [0.1, 0.15) is 52.1 Å². The van der Waals surface area contributed by atoms with Gasteiger partial charge in [-0.2, -0.15) is 0 Å². The van der Waals surface area contributed by atoms with Crippen molar-refractivity contribution in [2.45, 2.75) is 46.5 Å². The number of rotatable bonds is 7. The normalized spacial score (nSPS) is 14.5. The number of hydrogen-bond acceptors (Lipinski definition) is 2. The van der Waals surface area contributed by atoms with E-state index in [2.05, 4.69) is 25.8 Å². The first kappa shape index (κ1) is 14.0. The van der Waals surface area contributed by atoms with Crippen molar-refractivity contribution in [2.24, 2.45) is 11.8 Å². The molecule has 1 N–H and O–H groups in total. The van der Waals surface area contributed by atoms with Crippen LogP contribution in [-0.4, -0.2) is 10.1 Å². The molecule has 1 radical (unpaired) electrons. The van der Waals surface area contributed by atoms with Crippen LogP contribution in [0.15, 0.2) is 18.3 Å². The molecular formula is C15H24NO. The van der Waals surface area contributed by atoms with Gasteiger partial charge >= 0.3 is 0 Å². The van der Waals surface area contributed by atoms with Crippen molar-refractivity contribution in [2.75, 3.05) is 0 Å². The van der Waals surface area contributed by atoms with Crippen LogP contribution in [0.2, 0.25) is 0 Å². The van der Waals surface area contributed by atoms with Gasteiger partial charge in [-0.15, -0.1) is 0 Å². The second-order valence-corrected chi connectivity index (χ2v) is 5.04. The summed E-state index contributed by atoms with van der Waals surface area (Å²) >= 11 is 0. The van der Waals surface area contributed by atoms with Crippen molar-refractivity contribution in [1.29, 1.82) is 0 Å². The molecule has 1 heterocycles. The molecule has 0 fully saturated rings. The number of pyridine rings is 1. The second kappa shape index (κ2) is 7.31. The van der Waals surface area contributed by atoms with E-state index in [0.717, 1.165) is 18.3 Å². The standard InChI is InChI=1S/C15H24NO/c1-4-12(2)11-13(3)7-5-8-14-15(17)9-6-10-16-14/h6,8-10,12-13,17H,4-5,7,11H2,1-3H3. The molecule has 0 saturated carbocycles. The zero-order chi connectivity index (χ0) is 12.7. The lowest BCUT2D eigenvalue weighted by atomic mass is 9.91. The van der Waals surface area contributed by atoms with Gasteiger partial charge < -0.3 is 5.11 Å². The Morgan fingerprint density at radius 1 is 1.35 bits per heavy atom. The smallest absolute Gasteiger partial charge is 0.137 e. The third kappa shape index (κ3) is 5.20. The fourth-order valence-corrected chi connectivity index (χ4v) is 2.04. The predicted octanol–water partition coefficient (Wildman–Crippen LogP) is 4.19. The highest BCUT2D eigenvalue weighted by molar-refractivity contribution is 5.30. The molecule has 0 spiro atoms. The van der Waals surface area contributed by atoms with Crippen LogP contribution in [0.3, 0.4) is 0 Å². The number of aromatic hydroxyl groups is 1. The lowest BCUT2D eigenvalue weighted by Gasteiger charge is -2.15. The first-order chi connectivity index (χ1) is 8.13. The van der Waals surface area contributed by atoms with Crippen LogP contribution in [0.4, 0.5) is 0 Å². The maximum Gasteiger partial charge on any atom is 0.137 e. The summed E-state index contributed by atoms with van der Waals surface area (Å²) in [6.07, 6.45) is 8.45. The predicted molar refractivity (Wildman–Crippen MR) is 71.8 cm³/mol. The largest absolute Gasteiger partial charge is 0.506 e. The molecule has 2 heteroatoms. The van der Waals surface area contributed by atoms with E-state index in [9.17, 15) is 5.11 Å². The highest BCUT2D eigenvalue weighted by atomic mass is 16.3. The van der Waals surface area contributed by atoms with Gasteiger partial charge in [-0.25, -0.2) is 0 Å². The Labute approximate surface area is 105 Å². The Balaban J connectivity index is 2.26. The highest BCUT2D eigenvalue weighted by Crippen LogP contribution is 2.22. The minimum atomic E-state index is 0.280. The first-order valence-corrected chi connectivity index (χ1v) is 6.60. The van der Waals surface area contributed by atoms with Gasteiger partial charge in [0.25, 0.3) is 0 Å². The average Bonchev–Trinajstić information content (AvgIpc) is 2.31. The molecule has 1 aromatic heterocycles. The zero-order valence-corrected chi connectivity index (χ0v) is 11.2. The van der Waals surface area contributed by atoms with Crippen LogP contribution in [0.5, 0.6) is 5.75 Å². The Hall–Kier alpha value is -1.05. The molecule has 0 aliphatic rings. The van der Waals surface area contributed by atoms with Crippen molar-refractivity contribution >= 4 is 0 Å². The van der Waals surface area contributed by atoms with Gasteiger partial charge in [0, 0.05) is 12.6 Å². The Kier molecular flexibility index (Phi) is 6.03. The molecule has 95 valence electrons. The van der Waals surface area contributed by atoms with E-state index in [1.807, 2.05) is 6.42 Å². The highest BCUT2D eigenvalue weighted by Gasteiger charge is 2.08. The van der Waals surface area contributed by atoms with E-state index in [1.165, 1.54) is 19.3 Å². The molecule has 2 atom stereocenters. The SMILES string of the molecule is CCC(C)CC(C)CC[CH]c1ncccc1O. The van der Waals surface area contributed by atoms with Crippen LogP contribution in [0.25, 0.3) is 0 Å². The van der Waals surface area contributed by atoms with Crippen LogP contribution >= 0.6 is 0 Å². The molecule has 2 unspecified atom stereocenters. The monoisotopic (exact) mass is 234 g/mol. The number of aromatic nitrogens is 1. The Bertz CT molecular complexity index is 324. The van der Waals surface area contributed by atoms with Gasteiger partial charge in [0.15, 0.2) is 0 Å². The van der Waals surface area contributed by atoms with E-state index >= 15 is 0 Å². The van der Waals surface area contributed by atoms with Gasteiger partial charge in [-0.1, -0.05) is 33.6 Å². The summed E-state index contributed by atoms with van der Waals surface area (Å²) in [6, 6.07) is 3.43. The summed E-state index contributed by atoms with van der Waals surface area (Å²) in [6.45, 7) is 6.86. The van der Waals surface area contributed by atoms with Crippen molar-refractivity contribution < 1.29 is 5.11 Å². The van der Waals surface area contributed by atoms with Crippen molar-refractivity contribution in [1.82, 2.24) is 4.98 Å². The van der Waals surface area contributed by atoms with Crippen molar-refractivity contribution in [3.63, 3.8) is 0 Å². The molecular weight excluding hydrogens is 210 g/mol. The minimum Gasteiger partial charge on any atom is -0.506 e. The average molecular weight is 234 g/mol. The van der Waals surface area contributed by atoms with Crippen molar-refractivity contribution in [3.8, 4) is 5.75 Å². The van der Waals surface area contributed by atoms with Crippen LogP contribution in [-0.2, 0) is 0 Å². The quantitative estimate of drug-likeness (QED) is 0.767. The fourth-order valence-electron chi connectivity index (χ4n) is 2.04. The summed E-state index contributed by atoms with van der Waals surface area (Å²) in [5.41, 5.74) is 0.711. The van der Waals surface area contributed by atoms with Crippen LogP contribution in [0, 0.1) is 18.3 Å². The van der Waals surface area contributed by atoms with Gasteiger partial charge in [0.05, 0.1) is 5.69 Å². The van der Waals surface area contributed by atoms with Crippen LogP contribution < -0.4 is 0 Å². The lowest BCUT2D eigenvalue weighted by Crippen LogP contribution is -2.02. The molecule has 2 nitrogen and oxygen atoms in total. The summed E-state index contributed by atoms with van der Waals surface area (Å²) in [4.78, 5) is 4.15. The molecule has 17 heavy (non-hydrogen) atoms. The molecule has 0 bridgehead atoms. The maximum atomic E-state index is 9.57. The number of nitrogens with zero attached hydrogens (tertiary/aromatic N) is 1. The van der Waals surface area contributed by atoms with Crippen molar-refractivity contribution in [3.05, 3.63) is 30.4 Å². The van der Waals surface area contributed by atoms with Gasteiger partial charge in [0.1, 0.15) is 5.75 Å². The summed E-state index contributed by atoms with van der Waals surface area (Å²) in [7, 11) is 0. The Morgan fingerprint density at radius 2 is 2.12 bits per heavy atom. The topological polar surface area (TPSA) is 33.1 Å². The number of hydrogen-bond donors (Lipinski definition) is 1. The van der Waals surface area contributed by atoms with Gasteiger partial charge in [-0.3, -0.25) is 4.98 Å². The van der Waals surface area contributed by atoms with E-state index in [1.54, 1.807) is 18.3 Å². The van der Waals surface area contributed by atoms with E-state index in [0.29, 0.717) is 5.69 Å². The summed E-state index contributed by atoms with van der Waals surface area (Å²) < 4.78 is 0. The second-order valence-electron chi connectivity index (χ2n) is 5.04. The van der Waals surface area contributed by atoms with E-state index in [-0.39, 0.29) is 5.75 Å². The maximum absolute atomic E-state index is 9.57. The van der Waals surface area contributed by atoms with Gasteiger partial charge in [0.2, 0.25) is 0 Å². The minimum absolute atomic E-state index is 0.280. The summed E-state index contributed by atoms with van der Waals surface area (Å²) in [5, 5.41) is 9.57. The molecule has 1 aromatic rings. The molecule has 0 aliphatic heterocycles. The fraction of sp³-hybridized carbons (Fsp3) is 0.600. The Morgan fingerprint density at radius 3 is 2.76 bits per heavy atom. The third-order valence-corrected chi connectivity index (χ3v) is 3.32. The molecule has 0 amide bonds. The van der Waals surface area contributed by atoms with Gasteiger partial charge in [-0.05, 0) is 36.8 Å². The first-order valence-electron chi connectivity index (χ1n) is 6.60. The lowest BCUT2D eigenvalue weighted by molar-refractivity contribution is 0.386. The molecule has 0 aromatic carbocycles.